The Morgan fingerprint density at radius 3 is 2.00 bits per heavy atom. The quantitative estimate of drug-likeness (QED) is 0.335. The number of hydrogen-bond acceptors (Lipinski definition) is 0. The molecule has 2 aliphatic carbocycles. The van der Waals surface area contributed by atoms with Gasteiger partial charge in [0.05, 0.1) is 5.39 Å². The molecule has 164 valence electrons. The molecule has 2 aliphatic rings. The van der Waals surface area contributed by atoms with E-state index >= 15 is 0 Å². The summed E-state index contributed by atoms with van der Waals surface area (Å²) in [7, 11) is 0. The minimum absolute atomic E-state index is 0.105. The van der Waals surface area contributed by atoms with E-state index in [0.717, 1.165) is 55.1 Å². The minimum Gasteiger partial charge on any atom is -0.206 e. The van der Waals surface area contributed by atoms with E-state index in [1.54, 1.807) is 6.07 Å². The number of fused-ring (bicyclic) bond motifs is 1. The summed E-state index contributed by atoms with van der Waals surface area (Å²) in [6, 6.07) is 3.88. The smallest absolute Gasteiger partial charge is 0.195 e. The zero-order valence-corrected chi connectivity index (χ0v) is 17.8. The molecule has 0 aromatic heterocycles. The van der Waals surface area contributed by atoms with E-state index in [0.29, 0.717) is 0 Å². The van der Waals surface area contributed by atoms with E-state index in [-0.39, 0.29) is 11.3 Å². The van der Waals surface area contributed by atoms with Gasteiger partial charge in [0.1, 0.15) is 5.82 Å². The molecule has 30 heavy (non-hydrogen) atoms. The Morgan fingerprint density at radius 2 is 1.37 bits per heavy atom. The van der Waals surface area contributed by atoms with Gasteiger partial charge in [-0.15, -0.1) is 0 Å². The van der Waals surface area contributed by atoms with Gasteiger partial charge in [-0.1, -0.05) is 45.1 Å². The zero-order chi connectivity index (χ0) is 21.3. The summed E-state index contributed by atoms with van der Waals surface area (Å²) >= 11 is 0. The molecule has 2 aromatic rings. The van der Waals surface area contributed by atoms with Crippen LogP contribution in [0.3, 0.4) is 0 Å². The van der Waals surface area contributed by atoms with Gasteiger partial charge >= 0.3 is 0 Å². The molecule has 0 N–H and O–H groups in total. The molecule has 0 saturated heterocycles. The van der Waals surface area contributed by atoms with Crippen LogP contribution in [0.25, 0.3) is 10.8 Å². The normalized spacial score (nSPS) is 27.5. The Labute approximate surface area is 177 Å². The van der Waals surface area contributed by atoms with Gasteiger partial charge in [0, 0.05) is 0 Å². The van der Waals surface area contributed by atoms with Gasteiger partial charge in [-0.05, 0) is 85.3 Å². The molecule has 0 radical (unpaired) electrons. The third-order valence-electron chi connectivity index (χ3n) is 7.81. The van der Waals surface area contributed by atoms with Gasteiger partial charge in [0.2, 0.25) is 0 Å². The van der Waals surface area contributed by atoms with Crippen LogP contribution in [0.5, 0.6) is 0 Å². The molecule has 4 rings (SSSR count). The minimum atomic E-state index is -1.61. The van der Waals surface area contributed by atoms with Crippen molar-refractivity contribution < 1.29 is 17.6 Å². The second-order valence-electron chi connectivity index (χ2n) is 9.62. The summed E-state index contributed by atoms with van der Waals surface area (Å²) in [6.07, 6.45) is 13.7. The molecule has 0 unspecified atom stereocenters. The maximum absolute atomic E-state index is 14.5. The predicted molar refractivity (Wildman–Crippen MR) is 113 cm³/mol. The number of halogens is 4. The monoisotopic (exact) mass is 420 g/mol. The highest BCUT2D eigenvalue weighted by Gasteiger charge is 2.31. The fraction of sp³-hybridized carbons (Fsp3) is 0.615. The number of unbranched alkanes of at least 4 members (excludes halogenated alkanes) is 1. The molecule has 0 spiro atoms. The van der Waals surface area contributed by atoms with Crippen molar-refractivity contribution in [1.82, 2.24) is 0 Å². The van der Waals surface area contributed by atoms with E-state index in [1.165, 1.54) is 51.0 Å². The second-order valence-corrected chi connectivity index (χ2v) is 9.62. The molecular formula is C26H32F4. The first kappa shape index (κ1) is 21.6. The van der Waals surface area contributed by atoms with E-state index in [1.807, 2.05) is 0 Å². The summed E-state index contributed by atoms with van der Waals surface area (Å²) in [5.41, 5.74) is 0.784. The van der Waals surface area contributed by atoms with Gasteiger partial charge in [-0.3, -0.25) is 0 Å². The average Bonchev–Trinajstić information content (AvgIpc) is 2.76. The fourth-order valence-corrected chi connectivity index (χ4v) is 6.01. The van der Waals surface area contributed by atoms with Crippen LogP contribution in [0.1, 0.15) is 89.0 Å². The highest BCUT2D eigenvalue weighted by Crippen LogP contribution is 2.45. The Bertz CT molecular complexity index is 874. The Morgan fingerprint density at radius 1 is 0.733 bits per heavy atom. The standard InChI is InChI=1S/C26H32F4/c1-2-3-4-16-5-7-17(8-6-16)18-9-11-19(12-10-18)20-13-21-15-23(28)25(29)26(30)24(21)22(27)14-20/h13-19H,2-12H2,1H3. The Balaban J connectivity index is 1.40. The van der Waals surface area contributed by atoms with E-state index < -0.39 is 28.7 Å². The predicted octanol–water partition coefficient (Wildman–Crippen LogP) is 8.67. The third-order valence-corrected chi connectivity index (χ3v) is 7.81. The third kappa shape index (κ3) is 4.38. The van der Waals surface area contributed by atoms with Gasteiger partial charge in [-0.25, -0.2) is 17.6 Å². The van der Waals surface area contributed by atoms with Crippen molar-refractivity contribution in [3.05, 3.63) is 47.0 Å². The number of hydrogen-bond donors (Lipinski definition) is 0. The van der Waals surface area contributed by atoms with Crippen LogP contribution in [0, 0.1) is 41.0 Å². The lowest BCUT2D eigenvalue weighted by Gasteiger charge is -2.38. The van der Waals surface area contributed by atoms with Crippen molar-refractivity contribution in [2.75, 3.05) is 0 Å². The molecule has 0 atom stereocenters. The summed E-state index contributed by atoms with van der Waals surface area (Å²) in [4.78, 5) is 0. The van der Waals surface area contributed by atoms with Crippen LogP contribution >= 0.6 is 0 Å². The van der Waals surface area contributed by atoms with Crippen molar-refractivity contribution >= 4 is 10.8 Å². The molecule has 0 bridgehead atoms. The Hall–Kier alpha value is -1.58. The Kier molecular flexibility index (Phi) is 6.69. The topological polar surface area (TPSA) is 0 Å². The van der Waals surface area contributed by atoms with Crippen molar-refractivity contribution in [3.63, 3.8) is 0 Å². The average molecular weight is 421 g/mol. The van der Waals surface area contributed by atoms with Crippen molar-refractivity contribution in [2.45, 2.75) is 83.5 Å². The molecular weight excluding hydrogens is 388 g/mol. The van der Waals surface area contributed by atoms with Crippen LogP contribution < -0.4 is 0 Å². The largest absolute Gasteiger partial charge is 0.206 e. The lowest BCUT2D eigenvalue weighted by Crippen LogP contribution is -2.25. The summed E-state index contributed by atoms with van der Waals surface area (Å²) in [5, 5.41) is -0.347. The zero-order valence-electron chi connectivity index (χ0n) is 17.8. The number of rotatable bonds is 5. The summed E-state index contributed by atoms with van der Waals surface area (Å²) < 4.78 is 55.6. The van der Waals surface area contributed by atoms with E-state index in [4.69, 9.17) is 0 Å². The molecule has 0 amide bonds. The first-order valence-electron chi connectivity index (χ1n) is 11.7. The summed E-state index contributed by atoms with van der Waals surface area (Å²) in [6.45, 7) is 2.26. The molecule has 2 fully saturated rings. The van der Waals surface area contributed by atoms with Crippen LogP contribution in [-0.2, 0) is 0 Å². The molecule has 0 nitrogen and oxygen atoms in total. The maximum atomic E-state index is 14.5. The molecule has 2 aromatic carbocycles. The van der Waals surface area contributed by atoms with Crippen molar-refractivity contribution in [3.8, 4) is 0 Å². The fourth-order valence-electron chi connectivity index (χ4n) is 6.01. The van der Waals surface area contributed by atoms with Crippen LogP contribution in [-0.4, -0.2) is 0 Å². The van der Waals surface area contributed by atoms with E-state index in [2.05, 4.69) is 6.92 Å². The summed E-state index contributed by atoms with van der Waals surface area (Å²) in [5.74, 6) is -2.42. The SMILES string of the molecule is CCCCC1CCC(C2CCC(c3cc(F)c4c(F)c(F)c(F)cc4c3)CC2)CC1. The molecule has 2 saturated carbocycles. The highest BCUT2D eigenvalue weighted by atomic mass is 19.2. The van der Waals surface area contributed by atoms with Crippen molar-refractivity contribution in [1.29, 1.82) is 0 Å². The lowest BCUT2D eigenvalue weighted by atomic mass is 9.68. The molecule has 0 aliphatic heterocycles. The molecule has 4 heteroatoms. The van der Waals surface area contributed by atoms with Gasteiger partial charge < -0.3 is 0 Å². The van der Waals surface area contributed by atoms with Crippen LogP contribution in [0.15, 0.2) is 18.2 Å². The second kappa shape index (κ2) is 9.28. The lowest BCUT2D eigenvalue weighted by molar-refractivity contribution is 0.156. The van der Waals surface area contributed by atoms with Crippen LogP contribution in [0.4, 0.5) is 17.6 Å². The van der Waals surface area contributed by atoms with Gasteiger partial charge in [-0.2, -0.15) is 0 Å². The molecule has 0 heterocycles. The van der Waals surface area contributed by atoms with Gasteiger partial charge in [0.15, 0.2) is 17.5 Å². The van der Waals surface area contributed by atoms with Crippen molar-refractivity contribution in [2.24, 2.45) is 17.8 Å². The number of benzene rings is 2. The van der Waals surface area contributed by atoms with Crippen LogP contribution in [0.2, 0.25) is 0 Å². The van der Waals surface area contributed by atoms with Gasteiger partial charge in [0.25, 0.3) is 0 Å². The highest BCUT2D eigenvalue weighted by molar-refractivity contribution is 5.84. The first-order valence-corrected chi connectivity index (χ1v) is 11.7. The first-order chi connectivity index (χ1) is 14.5. The maximum Gasteiger partial charge on any atom is 0.195 e. The van der Waals surface area contributed by atoms with E-state index in [9.17, 15) is 17.6 Å².